The number of hydrogen-bond acceptors (Lipinski definition) is 3. The number of hydrogen-bond donors (Lipinski definition) is 2. The second-order valence-corrected chi connectivity index (χ2v) is 4.14. The van der Waals surface area contributed by atoms with E-state index in [4.69, 9.17) is 10.5 Å². The van der Waals surface area contributed by atoms with E-state index >= 15 is 0 Å². The van der Waals surface area contributed by atoms with Crippen LogP contribution in [-0.2, 0) is 4.79 Å². The normalized spacial score (nSPS) is 12.3. The topological polar surface area (TPSA) is 72.6 Å². The highest BCUT2D eigenvalue weighted by Gasteiger charge is 2.13. The zero-order chi connectivity index (χ0) is 13.1. The Morgan fingerprint density at radius 2 is 2.06 bits per heavy atom. The monoisotopic (exact) mass is 245 g/mol. The Morgan fingerprint density at radius 1 is 1.33 bits per heavy atom. The molecule has 1 atom stereocenters. The number of aliphatic hydroxyl groups excluding tert-OH is 1. The quantitative estimate of drug-likeness (QED) is 0.862. The number of carbonyl (C=O) groups is 1. The average Bonchev–Trinajstić information content (AvgIpc) is 2.35. The van der Waals surface area contributed by atoms with Crippen LogP contribution in [0.1, 0.15) is 18.6 Å². The smallest absolute Gasteiger partial charge is 0.255 e. The van der Waals surface area contributed by atoms with Crippen molar-refractivity contribution in [3.05, 3.63) is 42.0 Å². The third-order valence-corrected chi connectivity index (χ3v) is 2.72. The van der Waals surface area contributed by atoms with Gasteiger partial charge in [-0.15, -0.1) is 0 Å². The van der Waals surface area contributed by atoms with Crippen molar-refractivity contribution in [2.24, 2.45) is 5.73 Å². The lowest BCUT2D eigenvalue weighted by molar-refractivity contribution is -0.119. The van der Waals surface area contributed by atoms with Crippen LogP contribution in [0, 0.1) is 0 Å². The first-order valence-corrected chi connectivity index (χ1v) is 5.70. The first-order valence-electron chi connectivity index (χ1n) is 5.70. The number of ether oxygens (including phenoxy) is 1. The zero-order valence-electron chi connectivity index (χ0n) is 10.1. The first kappa shape index (κ1) is 12.4. The minimum atomic E-state index is -0.669. The SMILES string of the molecule is C[C@H](O)c1ccc2ccccc2c1OCC(N)=O. The summed E-state index contributed by atoms with van der Waals surface area (Å²) in [4.78, 5) is 10.8. The summed E-state index contributed by atoms with van der Waals surface area (Å²) in [7, 11) is 0. The Kier molecular flexibility index (Phi) is 3.48. The van der Waals surface area contributed by atoms with Gasteiger partial charge >= 0.3 is 0 Å². The molecule has 4 heteroatoms. The summed E-state index contributed by atoms with van der Waals surface area (Å²) in [6, 6.07) is 11.3. The van der Waals surface area contributed by atoms with Crippen molar-refractivity contribution in [3.63, 3.8) is 0 Å². The summed E-state index contributed by atoms with van der Waals surface area (Å²) in [5.74, 6) is -0.0265. The highest BCUT2D eigenvalue weighted by molar-refractivity contribution is 5.90. The van der Waals surface area contributed by atoms with Gasteiger partial charge in [0.25, 0.3) is 5.91 Å². The Labute approximate surface area is 105 Å². The Balaban J connectivity index is 2.55. The van der Waals surface area contributed by atoms with Crippen molar-refractivity contribution in [2.75, 3.05) is 6.61 Å². The zero-order valence-corrected chi connectivity index (χ0v) is 10.1. The number of rotatable bonds is 4. The van der Waals surface area contributed by atoms with Crippen LogP contribution in [0.5, 0.6) is 5.75 Å². The van der Waals surface area contributed by atoms with Crippen LogP contribution in [-0.4, -0.2) is 17.6 Å². The van der Waals surface area contributed by atoms with Gasteiger partial charge in [-0.25, -0.2) is 0 Å². The summed E-state index contributed by atoms with van der Waals surface area (Å²) in [5.41, 5.74) is 5.73. The second kappa shape index (κ2) is 5.06. The number of amides is 1. The molecule has 0 spiro atoms. The predicted octanol–water partition coefficient (Wildman–Crippen LogP) is 1.76. The molecular weight excluding hydrogens is 230 g/mol. The lowest BCUT2D eigenvalue weighted by Gasteiger charge is -2.15. The highest BCUT2D eigenvalue weighted by Crippen LogP contribution is 2.33. The van der Waals surface area contributed by atoms with Crippen LogP contribution in [0.15, 0.2) is 36.4 Å². The molecule has 0 heterocycles. The maximum absolute atomic E-state index is 10.8. The number of nitrogens with two attached hydrogens (primary N) is 1. The van der Waals surface area contributed by atoms with E-state index in [-0.39, 0.29) is 6.61 Å². The fraction of sp³-hybridized carbons (Fsp3) is 0.214. The number of aliphatic hydroxyl groups is 1. The molecule has 4 nitrogen and oxygen atoms in total. The Bertz CT molecular complexity index is 578. The van der Waals surface area contributed by atoms with Crippen molar-refractivity contribution in [1.82, 2.24) is 0 Å². The maximum atomic E-state index is 10.8. The van der Waals surface area contributed by atoms with Crippen LogP contribution >= 0.6 is 0 Å². The predicted molar refractivity (Wildman–Crippen MR) is 69.3 cm³/mol. The molecule has 18 heavy (non-hydrogen) atoms. The standard InChI is InChI=1S/C14H15NO3/c1-9(16)11-7-6-10-4-2-3-5-12(10)14(11)18-8-13(15)17/h2-7,9,16H,8H2,1H3,(H2,15,17)/t9-/m0/s1. The minimum Gasteiger partial charge on any atom is -0.483 e. The molecule has 0 saturated carbocycles. The van der Waals surface area contributed by atoms with Crippen LogP contribution in [0.25, 0.3) is 10.8 Å². The van der Waals surface area contributed by atoms with E-state index in [9.17, 15) is 9.90 Å². The fourth-order valence-corrected chi connectivity index (χ4v) is 1.89. The van der Waals surface area contributed by atoms with Crippen molar-refractivity contribution in [1.29, 1.82) is 0 Å². The molecule has 0 radical (unpaired) electrons. The van der Waals surface area contributed by atoms with Gasteiger partial charge < -0.3 is 15.6 Å². The van der Waals surface area contributed by atoms with Crippen molar-refractivity contribution >= 4 is 16.7 Å². The van der Waals surface area contributed by atoms with E-state index in [2.05, 4.69) is 0 Å². The van der Waals surface area contributed by atoms with E-state index in [0.29, 0.717) is 11.3 Å². The highest BCUT2D eigenvalue weighted by atomic mass is 16.5. The van der Waals surface area contributed by atoms with E-state index in [1.165, 1.54) is 0 Å². The molecular formula is C14H15NO3. The molecule has 94 valence electrons. The molecule has 3 N–H and O–H groups in total. The molecule has 0 fully saturated rings. The largest absolute Gasteiger partial charge is 0.483 e. The van der Waals surface area contributed by atoms with Crippen molar-refractivity contribution in [2.45, 2.75) is 13.0 Å². The van der Waals surface area contributed by atoms with E-state index in [1.54, 1.807) is 13.0 Å². The van der Waals surface area contributed by atoms with E-state index < -0.39 is 12.0 Å². The number of primary amides is 1. The van der Waals surface area contributed by atoms with Gasteiger partial charge in [-0.2, -0.15) is 0 Å². The van der Waals surface area contributed by atoms with Crippen molar-refractivity contribution < 1.29 is 14.6 Å². The molecule has 0 aromatic heterocycles. The van der Waals surface area contributed by atoms with Gasteiger partial charge in [0, 0.05) is 10.9 Å². The Hall–Kier alpha value is -2.07. The van der Waals surface area contributed by atoms with Crippen molar-refractivity contribution in [3.8, 4) is 5.75 Å². The molecule has 0 unspecified atom stereocenters. The Morgan fingerprint density at radius 3 is 2.72 bits per heavy atom. The van der Waals surface area contributed by atoms with Crippen LogP contribution in [0.4, 0.5) is 0 Å². The molecule has 0 aliphatic rings. The van der Waals surface area contributed by atoms with Crippen LogP contribution < -0.4 is 10.5 Å². The fourth-order valence-electron chi connectivity index (χ4n) is 1.89. The van der Waals surface area contributed by atoms with Gasteiger partial charge in [0.15, 0.2) is 6.61 Å². The average molecular weight is 245 g/mol. The third-order valence-electron chi connectivity index (χ3n) is 2.72. The number of fused-ring (bicyclic) bond motifs is 1. The number of benzene rings is 2. The molecule has 0 aliphatic heterocycles. The molecule has 0 aliphatic carbocycles. The van der Waals surface area contributed by atoms with Gasteiger partial charge in [-0.3, -0.25) is 4.79 Å². The third kappa shape index (κ3) is 2.43. The van der Waals surface area contributed by atoms with Crippen LogP contribution in [0.3, 0.4) is 0 Å². The van der Waals surface area contributed by atoms with Gasteiger partial charge in [0.2, 0.25) is 0 Å². The summed E-state index contributed by atoms with van der Waals surface area (Å²) in [6.45, 7) is 1.45. The molecule has 2 aromatic carbocycles. The summed E-state index contributed by atoms with van der Waals surface area (Å²) < 4.78 is 5.44. The maximum Gasteiger partial charge on any atom is 0.255 e. The van der Waals surface area contributed by atoms with Gasteiger partial charge in [0.05, 0.1) is 6.10 Å². The molecule has 2 aromatic rings. The molecule has 2 rings (SSSR count). The van der Waals surface area contributed by atoms with Gasteiger partial charge in [-0.05, 0) is 12.3 Å². The van der Waals surface area contributed by atoms with Crippen LogP contribution in [0.2, 0.25) is 0 Å². The lowest BCUT2D eigenvalue weighted by atomic mass is 10.0. The van der Waals surface area contributed by atoms with E-state index in [0.717, 1.165) is 10.8 Å². The minimum absolute atomic E-state index is 0.201. The molecule has 1 amide bonds. The molecule has 0 bridgehead atoms. The summed E-state index contributed by atoms with van der Waals surface area (Å²) in [6.07, 6.45) is -0.669. The summed E-state index contributed by atoms with van der Waals surface area (Å²) >= 11 is 0. The van der Waals surface area contributed by atoms with Gasteiger partial charge in [-0.1, -0.05) is 36.4 Å². The van der Waals surface area contributed by atoms with Gasteiger partial charge in [0.1, 0.15) is 5.75 Å². The first-order chi connectivity index (χ1) is 8.59. The number of carbonyl (C=O) groups excluding carboxylic acids is 1. The lowest BCUT2D eigenvalue weighted by Crippen LogP contribution is -2.20. The second-order valence-electron chi connectivity index (χ2n) is 4.14. The summed E-state index contributed by atoms with van der Waals surface area (Å²) in [5, 5.41) is 11.6. The van der Waals surface area contributed by atoms with E-state index in [1.807, 2.05) is 30.3 Å². The molecule has 0 saturated heterocycles.